The SMILES string of the molecule is Cc1cc(B2OC(C)(C)C(C)(C)O2)ccc1NC(=O)N1CCOCC1. The van der Waals surface area contributed by atoms with Gasteiger partial charge in [0.2, 0.25) is 0 Å². The molecule has 0 saturated carbocycles. The second-order valence-electron chi connectivity index (χ2n) is 7.69. The largest absolute Gasteiger partial charge is 0.494 e. The van der Waals surface area contributed by atoms with E-state index in [9.17, 15) is 4.79 Å². The Morgan fingerprint density at radius 3 is 2.28 bits per heavy atom. The molecule has 1 N–H and O–H groups in total. The highest BCUT2D eigenvalue weighted by Crippen LogP contribution is 2.36. The van der Waals surface area contributed by atoms with Crippen molar-refractivity contribution in [3.05, 3.63) is 23.8 Å². The highest BCUT2D eigenvalue weighted by Gasteiger charge is 2.51. The van der Waals surface area contributed by atoms with E-state index in [1.807, 2.05) is 52.8 Å². The summed E-state index contributed by atoms with van der Waals surface area (Å²) in [6.07, 6.45) is 0. The molecule has 2 fully saturated rings. The van der Waals surface area contributed by atoms with E-state index >= 15 is 0 Å². The Bertz CT molecular complexity index is 640. The Labute approximate surface area is 150 Å². The minimum atomic E-state index is -0.396. The van der Waals surface area contributed by atoms with Crippen LogP contribution in [0.5, 0.6) is 0 Å². The molecule has 2 amide bonds. The molecule has 136 valence electrons. The first-order valence-corrected chi connectivity index (χ1v) is 8.79. The third-order valence-electron chi connectivity index (χ3n) is 5.32. The molecule has 2 saturated heterocycles. The zero-order chi connectivity index (χ0) is 18.2. The van der Waals surface area contributed by atoms with E-state index < -0.39 is 7.12 Å². The number of rotatable bonds is 2. The fourth-order valence-corrected chi connectivity index (χ4v) is 2.91. The summed E-state index contributed by atoms with van der Waals surface area (Å²) in [5, 5.41) is 2.98. The minimum absolute atomic E-state index is 0.0882. The molecule has 7 heteroatoms. The van der Waals surface area contributed by atoms with Crippen molar-refractivity contribution in [3.63, 3.8) is 0 Å². The standard InChI is InChI=1S/C18H27BN2O4/c1-13-12-14(19-24-17(2,3)18(4,5)25-19)6-7-15(13)20-16(22)21-8-10-23-11-9-21/h6-7,12H,8-11H2,1-5H3,(H,20,22). The van der Waals surface area contributed by atoms with Crippen LogP contribution in [0.4, 0.5) is 10.5 Å². The van der Waals surface area contributed by atoms with E-state index in [0.29, 0.717) is 26.3 Å². The van der Waals surface area contributed by atoms with Gasteiger partial charge in [0.15, 0.2) is 0 Å². The van der Waals surface area contributed by atoms with Crippen molar-refractivity contribution in [3.8, 4) is 0 Å². The maximum absolute atomic E-state index is 12.3. The summed E-state index contributed by atoms with van der Waals surface area (Å²) in [4.78, 5) is 14.1. The molecule has 0 aromatic heterocycles. The molecule has 1 aromatic carbocycles. The van der Waals surface area contributed by atoms with Gasteiger partial charge in [-0.25, -0.2) is 4.79 Å². The minimum Gasteiger partial charge on any atom is -0.399 e. The molecule has 0 aliphatic carbocycles. The first kappa shape index (κ1) is 18.2. The normalized spacial score (nSPS) is 22.1. The maximum Gasteiger partial charge on any atom is 0.494 e. The van der Waals surface area contributed by atoms with Gasteiger partial charge in [-0.3, -0.25) is 0 Å². The molecule has 6 nitrogen and oxygen atoms in total. The molecule has 0 radical (unpaired) electrons. The van der Waals surface area contributed by atoms with Gasteiger partial charge in [0.05, 0.1) is 24.4 Å². The molecule has 3 rings (SSSR count). The lowest BCUT2D eigenvalue weighted by molar-refractivity contribution is 0.00578. The number of nitrogens with one attached hydrogen (secondary N) is 1. The number of benzene rings is 1. The van der Waals surface area contributed by atoms with E-state index in [1.54, 1.807) is 4.90 Å². The lowest BCUT2D eigenvalue weighted by atomic mass is 9.78. The summed E-state index contributed by atoms with van der Waals surface area (Å²) >= 11 is 0. The van der Waals surface area contributed by atoms with E-state index in [4.69, 9.17) is 14.0 Å². The number of anilines is 1. The number of ether oxygens (including phenoxy) is 1. The number of urea groups is 1. The fraction of sp³-hybridized carbons (Fsp3) is 0.611. The van der Waals surface area contributed by atoms with Gasteiger partial charge in [0, 0.05) is 18.8 Å². The van der Waals surface area contributed by atoms with Crippen LogP contribution in [0.25, 0.3) is 0 Å². The Balaban J connectivity index is 1.70. The third-order valence-corrected chi connectivity index (χ3v) is 5.32. The highest BCUT2D eigenvalue weighted by atomic mass is 16.7. The smallest absolute Gasteiger partial charge is 0.399 e. The quantitative estimate of drug-likeness (QED) is 0.834. The zero-order valence-electron chi connectivity index (χ0n) is 15.7. The summed E-state index contributed by atoms with van der Waals surface area (Å²) in [7, 11) is -0.396. The van der Waals surface area contributed by atoms with Gasteiger partial charge in [-0.1, -0.05) is 12.1 Å². The number of aryl methyl sites for hydroxylation is 1. The van der Waals surface area contributed by atoms with Crippen molar-refractivity contribution in [1.82, 2.24) is 4.90 Å². The van der Waals surface area contributed by atoms with E-state index in [2.05, 4.69) is 5.32 Å². The van der Waals surface area contributed by atoms with E-state index in [0.717, 1.165) is 16.7 Å². The summed E-state index contributed by atoms with van der Waals surface area (Å²) in [5.74, 6) is 0. The zero-order valence-corrected chi connectivity index (χ0v) is 15.7. The molecule has 0 atom stereocenters. The predicted octanol–water partition coefficient (Wildman–Crippen LogP) is 2.16. The third kappa shape index (κ3) is 3.68. The Morgan fingerprint density at radius 2 is 1.72 bits per heavy atom. The van der Waals surface area contributed by atoms with Crippen molar-refractivity contribution in [1.29, 1.82) is 0 Å². The summed E-state index contributed by atoms with van der Waals surface area (Å²) in [5.41, 5.74) is 2.01. The Morgan fingerprint density at radius 1 is 1.12 bits per heavy atom. The second kappa shape index (κ2) is 6.63. The topological polar surface area (TPSA) is 60.0 Å². The van der Waals surface area contributed by atoms with Gasteiger partial charge in [-0.15, -0.1) is 0 Å². The van der Waals surface area contributed by atoms with E-state index in [1.165, 1.54) is 0 Å². The van der Waals surface area contributed by atoms with Gasteiger partial charge >= 0.3 is 13.1 Å². The molecular formula is C18H27BN2O4. The second-order valence-corrected chi connectivity index (χ2v) is 7.69. The number of nitrogens with zero attached hydrogens (tertiary/aromatic N) is 1. The first-order chi connectivity index (χ1) is 11.7. The predicted molar refractivity (Wildman–Crippen MR) is 98.3 cm³/mol. The number of hydrogen-bond acceptors (Lipinski definition) is 4. The maximum atomic E-state index is 12.3. The highest BCUT2D eigenvalue weighted by molar-refractivity contribution is 6.62. The van der Waals surface area contributed by atoms with Crippen LogP contribution >= 0.6 is 0 Å². The number of amides is 2. The Kier molecular flexibility index (Phi) is 4.83. The van der Waals surface area contributed by atoms with Crippen molar-refractivity contribution < 1.29 is 18.8 Å². The number of carbonyl (C=O) groups excluding carboxylic acids is 1. The van der Waals surface area contributed by atoms with Gasteiger partial charge in [-0.2, -0.15) is 0 Å². The number of hydrogen-bond donors (Lipinski definition) is 1. The van der Waals surface area contributed by atoms with Gasteiger partial charge in [0.1, 0.15) is 0 Å². The number of carbonyl (C=O) groups is 1. The molecule has 1 aromatic rings. The summed E-state index contributed by atoms with van der Waals surface area (Å²) in [6.45, 7) is 12.6. The van der Waals surface area contributed by atoms with Crippen LogP contribution in [-0.4, -0.2) is 55.6 Å². The van der Waals surface area contributed by atoms with Crippen LogP contribution in [0, 0.1) is 6.92 Å². The lowest BCUT2D eigenvalue weighted by Gasteiger charge is -2.32. The van der Waals surface area contributed by atoms with Crippen LogP contribution < -0.4 is 10.8 Å². The molecule has 0 spiro atoms. The lowest BCUT2D eigenvalue weighted by Crippen LogP contribution is -2.43. The van der Waals surface area contributed by atoms with Gasteiger partial charge in [-0.05, 0) is 51.7 Å². The summed E-state index contributed by atoms with van der Waals surface area (Å²) < 4.78 is 17.5. The summed E-state index contributed by atoms with van der Waals surface area (Å²) in [6, 6.07) is 5.78. The van der Waals surface area contributed by atoms with Gasteiger partial charge in [0.25, 0.3) is 0 Å². The average Bonchev–Trinajstić information content (AvgIpc) is 2.78. The Hall–Kier alpha value is -1.57. The van der Waals surface area contributed by atoms with Crippen molar-refractivity contribution in [2.45, 2.75) is 45.8 Å². The molecule has 0 bridgehead atoms. The van der Waals surface area contributed by atoms with Crippen LogP contribution in [-0.2, 0) is 14.0 Å². The van der Waals surface area contributed by atoms with Gasteiger partial charge < -0.3 is 24.3 Å². The number of morpholine rings is 1. The van der Waals surface area contributed by atoms with E-state index in [-0.39, 0.29) is 17.2 Å². The molecule has 2 heterocycles. The average molecular weight is 346 g/mol. The fourth-order valence-electron chi connectivity index (χ4n) is 2.91. The first-order valence-electron chi connectivity index (χ1n) is 8.79. The molecule has 2 aliphatic rings. The van der Waals surface area contributed by atoms with Crippen molar-refractivity contribution in [2.75, 3.05) is 31.6 Å². The van der Waals surface area contributed by atoms with Crippen LogP contribution in [0.3, 0.4) is 0 Å². The van der Waals surface area contributed by atoms with Crippen LogP contribution in [0.2, 0.25) is 0 Å². The molecular weight excluding hydrogens is 319 g/mol. The van der Waals surface area contributed by atoms with Crippen LogP contribution in [0.15, 0.2) is 18.2 Å². The molecule has 0 unspecified atom stereocenters. The van der Waals surface area contributed by atoms with Crippen LogP contribution in [0.1, 0.15) is 33.3 Å². The van der Waals surface area contributed by atoms with Crippen molar-refractivity contribution in [2.24, 2.45) is 0 Å². The molecule has 2 aliphatic heterocycles. The molecule has 25 heavy (non-hydrogen) atoms. The van der Waals surface area contributed by atoms with Crippen molar-refractivity contribution >= 4 is 24.3 Å². The monoisotopic (exact) mass is 346 g/mol.